The fourth-order valence-electron chi connectivity index (χ4n) is 4.65. The van der Waals surface area contributed by atoms with Crippen LogP contribution in [0.2, 0.25) is 0 Å². The Kier molecular flexibility index (Phi) is 5.48. The van der Waals surface area contributed by atoms with Crippen molar-refractivity contribution in [1.82, 2.24) is 9.80 Å². The molecular weight excluding hydrogens is 412 g/mol. The number of furan rings is 1. The molecule has 0 bridgehead atoms. The van der Waals surface area contributed by atoms with E-state index in [1.807, 2.05) is 13.0 Å². The number of aliphatic hydroxyl groups is 1. The highest BCUT2D eigenvalue weighted by molar-refractivity contribution is 6.46. The standard InChI is InChI=1S/C24H26N2O6/c1-15-13-17-14-16(4-5-18(17)32-15)22(27)20-21(19-3-2-10-31-19)26(24(29)23(20)28)7-6-25-8-11-30-12-9-25/h2-5,10,14-15,21,27H,6-9,11-13H2,1H3. The topological polar surface area (TPSA) is 92.5 Å². The van der Waals surface area contributed by atoms with Gasteiger partial charge < -0.3 is 23.9 Å². The molecule has 0 aliphatic carbocycles. The zero-order valence-electron chi connectivity index (χ0n) is 18.0. The predicted molar refractivity (Wildman–Crippen MR) is 115 cm³/mol. The normalized spacial score (nSPS) is 25.2. The molecule has 8 heteroatoms. The summed E-state index contributed by atoms with van der Waals surface area (Å²) in [6.45, 7) is 5.82. The zero-order valence-corrected chi connectivity index (χ0v) is 18.0. The quantitative estimate of drug-likeness (QED) is 0.435. The highest BCUT2D eigenvalue weighted by Gasteiger charge is 2.47. The number of aliphatic hydroxyl groups excluding tert-OH is 1. The molecule has 2 unspecified atom stereocenters. The highest BCUT2D eigenvalue weighted by atomic mass is 16.5. The number of hydrogen-bond acceptors (Lipinski definition) is 7. The minimum Gasteiger partial charge on any atom is -0.507 e. The van der Waals surface area contributed by atoms with Gasteiger partial charge in [0.05, 0.1) is 25.1 Å². The van der Waals surface area contributed by atoms with E-state index in [2.05, 4.69) is 4.90 Å². The highest BCUT2D eigenvalue weighted by Crippen LogP contribution is 2.40. The van der Waals surface area contributed by atoms with Crippen molar-refractivity contribution in [3.05, 3.63) is 59.1 Å². The second-order valence-electron chi connectivity index (χ2n) is 8.42. The molecule has 1 aromatic heterocycles. The number of ketones is 1. The van der Waals surface area contributed by atoms with Gasteiger partial charge in [-0.05, 0) is 42.8 Å². The molecule has 5 rings (SSSR count). The number of benzene rings is 1. The molecule has 3 aliphatic heterocycles. The van der Waals surface area contributed by atoms with Gasteiger partial charge in [0.2, 0.25) is 0 Å². The van der Waals surface area contributed by atoms with Gasteiger partial charge in [-0.3, -0.25) is 14.5 Å². The summed E-state index contributed by atoms with van der Waals surface area (Å²) in [5.74, 6) is -0.287. The van der Waals surface area contributed by atoms with Crippen LogP contribution in [-0.2, 0) is 20.7 Å². The van der Waals surface area contributed by atoms with Crippen LogP contribution < -0.4 is 4.74 Å². The van der Waals surface area contributed by atoms with E-state index in [0.717, 1.165) is 30.8 Å². The molecule has 0 spiro atoms. The molecule has 1 amide bonds. The maximum atomic E-state index is 13.1. The van der Waals surface area contributed by atoms with Crippen molar-refractivity contribution in [2.45, 2.75) is 25.5 Å². The first-order valence-corrected chi connectivity index (χ1v) is 10.9. The smallest absolute Gasteiger partial charge is 0.295 e. The Morgan fingerprint density at radius 3 is 2.72 bits per heavy atom. The number of likely N-dealkylation sites (tertiary alicyclic amines) is 1. The predicted octanol–water partition coefficient (Wildman–Crippen LogP) is 2.36. The Morgan fingerprint density at radius 1 is 1.16 bits per heavy atom. The summed E-state index contributed by atoms with van der Waals surface area (Å²) in [7, 11) is 0. The van der Waals surface area contributed by atoms with Crippen LogP contribution in [0.5, 0.6) is 5.75 Å². The Bertz CT molecular complexity index is 1050. The molecule has 4 heterocycles. The Hall–Kier alpha value is -3.10. The molecule has 8 nitrogen and oxygen atoms in total. The van der Waals surface area contributed by atoms with Gasteiger partial charge in [0.25, 0.3) is 11.7 Å². The van der Waals surface area contributed by atoms with Gasteiger partial charge >= 0.3 is 0 Å². The van der Waals surface area contributed by atoms with Crippen LogP contribution in [0.1, 0.15) is 29.9 Å². The van der Waals surface area contributed by atoms with Crippen LogP contribution in [0.15, 0.2) is 46.6 Å². The van der Waals surface area contributed by atoms with Crippen molar-refractivity contribution in [1.29, 1.82) is 0 Å². The molecule has 168 valence electrons. The van der Waals surface area contributed by atoms with Crippen molar-refractivity contribution in [2.24, 2.45) is 0 Å². The van der Waals surface area contributed by atoms with E-state index < -0.39 is 17.7 Å². The number of amides is 1. The number of carbonyl (C=O) groups excluding carboxylic acids is 2. The van der Waals surface area contributed by atoms with Crippen molar-refractivity contribution in [3.63, 3.8) is 0 Å². The lowest BCUT2D eigenvalue weighted by atomic mass is 9.97. The van der Waals surface area contributed by atoms with Gasteiger partial charge in [-0.1, -0.05) is 0 Å². The van der Waals surface area contributed by atoms with Gasteiger partial charge in [-0.25, -0.2) is 0 Å². The molecule has 2 fully saturated rings. The third-order valence-corrected chi connectivity index (χ3v) is 6.28. The average molecular weight is 438 g/mol. The van der Waals surface area contributed by atoms with Gasteiger partial charge in [0.15, 0.2) is 0 Å². The molecule has 1 aromatic carbocycles. The number of ether oxygens (including phenoxy) is 2. The number of Topliss-reactive ketones (excluding diaryl/α,β-unsaturated/α-hetero) is 1. The summed E-state index contributed by atoms with van der Waals surface area (Å²) in [5.41, 5.74) is 1.51. The number of hydrogen-bond donors (Lipinski definition) is 1. The third-order valence-electron chi connectivity index (χ3n) is 6.28. The lowest BCUT2D eigenvalue weighted by Crippen LogP contribution is -2.42. The van der Waals surface area contributed by atoms with E-state index in [9.17, 15) is 14.7 Å². The summed E-state index contributed by atoms with van der Waals surface area (Å²) >= 11 is 0. The van der Waals surface area contributed by atoms with Gasteiger partial charge in [0.1, 0.15) is 29.4 Å². The summed E-state index contributed by atoms with van der Waals surface area (Å²) in [4.78, 5) is 29.7. The Morgan fingerprint density at radius 2 is 1.97 bits per heavy atom. The first kappa shape index (κ1) is 20.8. The monoisotopic (exact) mass is 438 g/mol. The number of rotatable bonds is 5. The third kappa shape index (κ3) is 3.69. The number of morpholine rings is 1. The molecule has 32 heavy (non-hydrogen) atoms. The van der Waals surface area contributed by atoms with E-state index in [1.165, 1.54) is 11.2 Å². The minimum atomic E-state index is -0.769. The first-order valence-electron chi connectivity index (χ1n) is 10.9. The van der Waals surface area contributed by atoms with Crippen molar-refractivity contribution in [3.8, 4) is 5.75 Å². The van der Waals surface area contributed by atoms with Gasteiger partial charge in [-0.2, -0.15) is 0 Å². The zero-order chi connectivity index (χ0) is 22.2. The fraction of sp³-hybridized carbons (Fsp3) is 0.417. The number of nitrogens with zero attached hydrogens (tertiary/aromatic N) is 2. The summed E-state index contributed by atoms with van der Waals surface area (Å²) in [5, 5.41) is 11.2. The second-order valence-corrected chi connectivity index (χ2v) is 8.42. The van der Waals surface area contributed by atoms with Crippen molar-refractivity contribution >= 4 is 17.4 Å². The van der Waals surface area contributed by atoms with E-state index >= 15 is 0 Å². The molecular formula is C24H26N2O6. The van der Waals surface area contributed by atoms with Crippen molar-refractivity contribution in [2.75, 3.05) is 39.4 Å². The van der Waals surface area contributed by atoms with Crippen molar-refractivity contribution < 1.29 is 28.6 Å². The van der Waals surface area contributed by atoms with Crippen LogP contribution in [0.4, 0.5) is 0 Å². The SMILES string of the molecule is CC1Cc2cc(C(O)=C3C(=O)C(=O)N(CCN4CCOCC4)C3c3ccco3)ccc2O1. The molecule has 2 aromatic rings. The second kappa shape index (κ2) is 8.44. The van der Waals surface area contributed by atoms with Crippen LogP contribution in [0.25, 0.3) is 5.76 Å². The minimum absolute atomic E-state index is 0.0545. The lowest BCUT2D eigenvalue weighted by Gasteiger charge is -2.30. The molecule has 3 aliphatic rings. The molecule has 0 radical (unpaired) electrons. The van der Waals surface area contributed by atoms with E-state index in [0.29, 0.717) is 37.6 Å². The fourth-order valence-corrected chi connectivity index (χ4v) is 4.65. The number of carbonyl (C=O) groups is 2. The maximum Gasteiger partial charge on any atom is 0.295 e. The Balaban J connectivity index is 1.49. The Labute approximate surface area is 186 Å². The van der Waals surface area contributed by atoms with Crippen LogP contribution in [0.3, 0.4) is 0 Å². The van der Waals surface area contributed by atoms with E-state index in [4.69, 9.17) is 13.9 Å². The van der Waals surface area contributed by atoms with Crippen LogP contribution in [-0.4, -0.2) is 72.1 Å². The summed E-state index contributed by atoms with van der Waals surface area (Å²) in [6.07, 6.45) is 2.30. The van der Waals surface area contributed by atoms with Crippen LogP contribution >= 0.6 is 0 Å². The van der Waals surface area contributed by atoms with Gasteiger partial charge in [0, 0.05) is 38.2 Å². The molecule has 1 N–H and O–H groups in total. The molecule has 2 atom stereocenters. The van der Waals surface area contributed by atoms with E-state index in [-0.39, 0.29) is 17.4 Å². The maximum absolute atomic E-state index is 13.1. The lowest BCUT2D eigenvalue weighted by molar-refractivity contribution is -0.140. The summed E-state index contributed by atoms with van der Waals surface area (Å²) < 4.78 is 16.7. The first-order chi connectivity index (χ1) is 15.5. The molecule has 2 saturated heterocycles. The molecule has 0 saturated carbocycles. The van der Waals surface area contributed by atoms with Crippen LogP contribution in [0, 0.1) is 0 Å². The summed E-state index contributed by atoms with van der Waals surface area (Å²) in [6, 6.07) is 8.01. The average Bonchev–Trinajstić information content (AvgIpc) is 3.51. The number of fused-ring (bicyclic) bond motifs is 1. The van der Waals surface area contributed by atoms with Gasteiger partial charge in [-0.15, -0.1) is 0 Å². The van der Waals surface area contributed by atoms with E-state index in [1.54, 1.807) is 24.3 Å². The largest absolute Gasteiger partial charge is 0.507 e.